The molecule has 1 amide bonds. The number of hydrogen-bond acceptors (Lipinski definition) is 2. The molecule has 2 aromatic heterocycles. The fraction of sp³-hybridized carbons (Fsp3) is 0.143. The van der Waals surface area contributed by atoms with E-state index in [1.54, 1.807) is 12.4 Å². The van der Waals surface area contributed by atoms with Gasteiger partial charge in [0.25, 0.3) is 5.91 Å². The summed E-state index contributed by atoms with van der Waals surface area (Å²) in [6.07, 6.45) is 5.27. The first kappa shape index (κ1) is 11.5. The number of aromatic amines is 2. The monoisotopic (exact) mass is 254 g/mol. The standard InChI is InChI=1S/C14H14N4O/c1-9(13-16-6-7-17-13)18-14(19)11-2-3-12-10(8-11)4-5-15-12/h2-9,15H,1H3,(H,16,17)(H,18,19). The predicted octanol–water partition coefficient (Wildman–Crippen LogP) is 2.38. The van der Waals surface area contributed by atoms with Gasteiger partial charge in [-0.15, -0.1) is 0 Å². The van der Waals surface area contributed by atoms with Gasteiger partial charge in [0.05, 0.1) is 6.04 Å². The van der Waals surface area contributed by atoms with Crippen LogP contribution in [0.25, 0.3) is 10.9 Å². The highest BCUT2D eigenvalue weighted by molar-refractivity contribution is 5.98. The Bertz CT molecular complexity index is 699. The lowest BCUT2D eigenvalue weighted by Gasteiger charge is -2.11. The number of nitrogens with one attached hydrogen (secondary N) is 3. The molecular formula is C14H14N4O. The lowest BCUT2D eigenvalue weighted by Crippen LogP contribution is -2.27. The van der Waals surface area contributed by atoms with E-state index in [1.165, 1.54) is 0 Å². The largest absolute Gasteiger partial charge is 0.361 e. The maximum Gasteiger partial charge on any atom is 0.251 e. The average Bonchev–Trinajstić information content (AvgIpc) is 3.09. The SMILES string of the molecule is CC(NC(=O)c1ccc2[nH]ccc2c1)c1ncc[nH]1. The second-order valence-corrected chi connectivity index (χ2v) is 4.45. The van der Waals surface area contributed by atoms with Gasteiger partial charge in [0.1, 0.15) is 5.82 Å². The molecule has 2 heterocycles. The Labute approximate surface area is 110 Å². The normalized spacial score (nSPS) is 12.5. The smallest absolute Gasteiger partial charge is 0.251 e. The van der Waals surface area contributed by atoms with Crippen LogP contribution in [-0.2, 0) is 0 Å². The van der Waals surface area contributed by atoms with Crippen LogP contribution in [0.15, 0.2) is 42.9 Å². The van der Waals surface area contributed by atoms with E-state index < -0.39 is 0 Å². The summed E-state index contributed by atoms with van der Waals surface area (Å²) in [6, 6.07) is 7.38. The zero-order valence-corrected chi connectivity index (χ0v) is 10.5. The topological polar surface area (TPSA) is 73.6 Å². The van der Waals surface area contributed by atoms with Gasteiger partial charge in [-0.25, -0.2) is 4.98 Å². The summed E-state index contributed by atoms with van der Waals surface area (Å²) in [6.45, 7) is 1.89. The van der Waals surface area contributed by atoms with Crippen LogP contribution in [0.2, 0.25) is 0 Å². The summed E-state index contributed by atoms with van der Waals surface area (Å²) in [7, 11) is 0. The van der Waals surface area contributed by atoms with Gasteiger partial charge in [-0.2, -0.15) is 0 Å². The van der Waals surface area contributed by atoms with Gasteiger partial charge in [-0.3, -0.25) is 4.79 Å². The minimum Gasteiger partial charge on any atom is -0.361 e. The summed E-state index contributed by atoms with van der Waals surface area (Å²) in [5.41, 5.74) is 1.67. The van der Waals surface area contributed by atoms with Crippen molar-refractivity contribution in [2.75, 3.05) is 0 Å². The van der Waals surface area contributed by atoms with E-state index in [0.717, 1.165) is 16.7 Å². The molecule has 19 heavy (non-hydrogen) atoms. The molecule has 1 aromatic carbocycles. The molecule has 0 saturated heterocycles. The first-order valence-corrected chi connectivity index (χ1v) is 6.11. The first-order chi connectivity index (χ1) is 9.24. The lowest BCUT2D eigenvalue weighted by molar-refractivity contribution is 0.0938. The number of nitrogens with zero attached hydrogens (tertiary/aromatic N) is 1. The maximum atomic E-state index is 12.2. The highest BCUT2D eigenvalue weighted by Gasteiger charge is 2.13. The van der Waals surface area contributed by atoms with Gasteiger partial charge >= 0.3 is 0 Å². The van der Waals surface area contributed by atoms with E-state index in [1.807, 2.05) is 37.4 Å². The third kappa shape index (κ3) is 2.22. The van der Waals surface area contributed by atoms with Crippen molar-refractivity contribution in [2.45, 2.75) is 13.0 Å². The molecule has 3 N–H and O–H groups in total. The highest BCUT2D eigenvalue weighted by Crippen LogP contribution is 2.15. The molecule has 0 saturated carbocycles. The van der Waals surface area contributed by atoms with E-state index in [4.69, 9.17) is 0 Å². The number of aromatic nitrogens is 3. The van der Waals surface area contributed by atoms with Crippen LogP contribution in [0.4, 0.5) is 0 Å². The summed E-state index contributed by atoms with van der Waals surface area (Å²) in [5, 5.41) is 3.94. The van der Waals surface area contributed by atoms with Crippen molar-refractivity contribution in [3.63, 3.8) is 0 Å². The molecule has 5 nitrogen and oxygen atoms in total. The van der Waals surface area contributed by atoms with E-state index in [0.29, 0.717) is 5.56 Å². The number of carbonyl (C=O) groups is 1. The zero-order chi connectivity index (χ0) is 13.2. The molecule has 1 atom stereocenters. The third-order valence-corrected chi connectivity index (χ3v) is 3.09. The van der Waals surface area contributed by atoms with Gasteiger partial charge in [0, 0.05) is 35.1 Å². The Kier molecular flexibility index (Phi) is 2.79. The number of fused-ring (bicyclic) bond motifs is 1. The molecule has 3 aromatic rings. The van der Waals surface area contributed by atoms with Crippen molar-refractivity contribution in [2.24, 2.45) is 0 Å². The van der Waals surface area contributed by atoms with Crippen molar-refractivity contribution >= 4 is 16.8 Å². The molecule has 0 aliphatic heterocycles. The quantitative estimate of drug-likeness (QED) is 0.671. The van der Waals surface area contributed by atoms with Gasteiger partial charge < -0.3 is 15.3 Å². The molecular weight excluding hydrogens is 240 g/mol. The Hall–Kier alpha value is -2.56. The fourth-order valence-electron chi connectivity index (χ4n) is 2.06. The number of amides is 1. The van der Waals surface area contributed by atoms with Crippen molar-refractivity contribution in [1.29, 1.82) is 0 Å². The molecule has 0 aliphatic carbocycles. The van der Waals surface area contributed by atoms with Crippen LogP contribution in [0.3, 0.4) is 0 Å². The first-order valence-electron chi connectivity index (χ1n) is 6.11. The van der Waals surface area contributed by atoms with Gasteiger partial charge in [-0.05, 0) is 31.2 Å². The molecule has 0 spiro atoms. The van der Waals surface area contributed by atoms with Crippen molar-refractivity contribution in [3.8, 4) is 0 Å². The number of imidazole rings is 1. The van der Waals surface area contributed by atoms with Crippen molar-refractivity contribution in [1.82, 2.24) is 20.3 Å². The van der Waals surface area contributed by atoms with Crippen molar-refractivity contribution in [3.05, 3.63) is 54.2 Å². The molecule has 0 aliphatic rings. The van der Waals surface area contributed by atoms with Gasteiger partial charge in [0.2, 0.25) is 0 Å². The Balaban J connectivity index is 1.79. The molecule has 96 valence electrons. The van der Waals surface area contributed by atoms with Crippen molar-refractivity contribution < 1.29 is 4.79 Å². The van der Waals surface area contributed by atoms with Crippen LogP contribution in [-0.4, -0.2) is 20.9 Å². The Morgan fingerprint density at radius 2 is 2.16 bits per heavy atom. The van der Waals surface area contributed by atoms with E-state index in [9.17, 15) is 4.79 Å². The molecule has 1 unspecified atom stereocenters. The average molecular weight is 254 g/mol. The van der Waals surface area contributed by atoms with E-state index >= 15 is 0 Å². The maximum absolute atomic E-state index is 12.2. The van der Waals surface area contributed by atoms with Gasteiger partial charge in [-0.1, -0.05) is 0 Å². The number of rotatable bonds is 3. The number of H-pyrrole nitrogens is 2. The molecule has 0 bridgehead atoms. The van der Waals surface area contributed by atoms with Crippen LogP contribution in [0.5, 0.6) is 0 Å². The van der Waals surface area contributed by atoms with Crippen LogP contribution in [0.1, 0.15) is 29.1 Å². The summed E-state index contributed by atoms with van der Waals surface area (Å²) in [5.74, 6) is 0.642. The van der Waals surface area contributed by atoms with Crippen LogP contribution >= 0.6 is 0 Å². The second kappa shape index (κ2) is 4.61. The molecule has 5 heteroatoms. The predicted molar refractivity (Wildman–Crippen MR) is 72.8 cm³/mol. The third-order valence-electron chi connectivity index (χ3n) is 3.09. The molecule has 0 radical (unpaired) electrons. The Morgan fingerprint density at radius 1 is 1.26 bits per heavy atom. The number of benzene rings is 1. The van der Waals surface area contributed by atoms with Crippen LogP contribution in [0, 0.1) is 0 Å². The molecule has 0 fully saturated rings. The minimum atomic E-state index is -0.149. The summed E-state index contributed by atoms with van der Waals surface area (Å²) >= 11 is 0. The number of hydrogen-bond donors (Lipinski definition) is 3. The highest BCUT2D eigenvalue weighted by atomic mass is 16.1. The Morgan fingerprint density at radius 3 is 2.95 bits per heavy atom. The zero-order valence-electron chi connectivity index (χ0n) is 10.5. The van der Waals surface area contributed by atoms with E-state index in [-0.39, 0.29) is 11.9 Å². The minimum absolute atomic E-state index is 0.105. The van der Waals surface area contributed by atoms with E-state index in [2.05, 4.69) is 20.3 Å². The summed E-state index contributed by atoms with van der Waals surface area (Å²) in [4.78, 5) is 22.4. The fourth-order valence-corrected chi connectivity index (χ4v) is 2.06. The summed E-state index contributed by atoms with van der Waals surface area (Å²) < 4.78 is 0. The number of carbonyl (C=O) groups excluding carboxylic acids is 1. The molecule has 3 rings (SSSR count). The lowest BCUT2D eigenvalue weighted by atomic mass is 10.1. The second-order valence-electron chi connectivity index (χ2n) is 4.45. The van der Waals surface area contributed by atoms with Gasteiger partial charge in [0.15, 0.2) is 0 Å². The van der Waals surface area contributed by atoms with Crippen LogP contribution < -0.4 is 5.32 Å².